The summed E-state index contributed by atoms with van der Waals surface area (Å²) in [6.07, 6.45) is 4.57. The minimum Gasteiger partial charge on any atom is -0.494 e. The van der Waals surface area contributed by atoms with Crippen molar-refractivity contribution in [3.05, 3.63) is 35.7 Å². The molecular formula is C14H18N4OS. The van der Waals surface area contributed by atoms with Crippen LogP contribution < -0.4 is 4.74 Å². The van der Waals surface area contributed by atoms with Crippen LogP contribution in [0.1, 0.15) is 25.2 Å². The number of thioether (sulfide) groups is 1. The van der Waals surface area contributed by atoms with Crippen molar-refractivity contribution in [2.45, 2.75) is 25.4 Å². The molecule has 0 saturated carbocycles. The molecule has 1 aromatic carbocycles. The van der Waals surface area contributed by atoms with Crippen molar-refractivity contribution >= 4 is 18.0 Å². The van der Waals surface area contributed by atoms with E-state index in [9.17, 15) is 0 Å². The van der Waals surface area contributed by atoms with Gasteiger partial charge in [-0.25, -0.2) is 0 Å². The summed E-state index contributed by atoms with van der Waals surface area (Å²) in [7, 11) is 0. The molecule has 0 spiro atoms. The van der Waals surface area contributed by atoms with Gasteiger partial charge in [0.25, 0.3) is 0 Å². The lowest BCUT2D eigenvalue weighted by atomic mass is 10.2. The van der Waals surface area contributed by atoms with Gasteiger partial charge in [-0.1, -0.05) is 18.7 Å². The smallest absolute Gasteiger partial charge is 0.211 e. The Hall–Kier alpha value is -1.82. The third kappa shape index (κ3) is 3.39. The SMILES string of the molecule is CCOc1ccc(/C=N\n2c(CC)nnc2SC)cc1. The maximum absolute atomic E-state index is 5.41. The van der Waals surface area contributed by atoms with Crippen LogP contribution in [0.2, 0.25) is 0 Å². The van der Waals surface area contributed by atoms with Crippen LogP contribution in [0.5, 0.6) is 5.75 Å². The first kappa shape index (κ1) is 14.6. The summed E-state index contributed by atoms with van der Waals surface area (Å²) in [4.78, 5) is 0. The highest BCUT2D eigenvalue weighted by atomic mass is 32.2. The first-order chi connectivity index (χ1) is 9.78. The Kier molecular flexibility index (Phi) is 5.17. The molecule has 2 aromatic rings. The van der Waals surface area contributed by atoms with Gasteiger partial charge in [0.2, 0.25) is 5.16 Å². The van der Waals surface area contributed by atoms with Gasteiger partial charge in [0.15, 0.2) is 5.82 Å². The van der Waals surface area contributed by atoms with Crippen LogP contribution in [0, 0.1) is 0 Å². The van der Waals surface area contributed by atoms with Gasteiger partial charge >= 0.3 is 0 Å². The Morgan fingerprint density at radius 1 is 1.25 bits per heavy atom. The molecule has 0 aliphatic rings. The molecule has 5 nitrogen and oxygen atoms in total. The number of aromatic nitrogens is 3. The molecule has 0 aliphatic heterocycles. The van der Waals surface area contributed by atoms with Crippen molar-refractivity contribution in [2.24, 2.45) is 5.10 Å². The molecule has 0 bridgehead atoms. The minimum absolute atomic E-state index is 0.672. The zero-order chi connectivity index (χ0) is 14.4. The Labute approximate surface area is 123 Å². The summed E-state index contributed by atoms with van der Waals surface area (Å²) in [6.45, 7) is 4.68. The van der Waals surface area contributed by atoms with E-state index in [2.05, 4.69) is 15.3 Å². The lowest BCUT2D eigenvalue weighted by Crippen LogP contribution is -1.98. The van der Waals surface area contributed by atoms with E-state index in [4.69, 9.17) is 4.74 Å². The largest absolute Gasteiger partial charge is 0.494 e. The maximum atomic E-state index is 5.41. The Balaban J connectivity index is 2.18. The summed E-state index contributed by atoms with van der Waals surface area (Å²) < 4.78 is 7.19. The number of aryl methyl sites for hydroxylation is 1. The zero-order valence-corrected chi connectivity index (χ0v) is 12.7. The predicted octanol–water partition coefficient (Wildman–Crippen LogP) is 2.84. The number of nitrogens with zero attached hydrogens (tertiary/aromatic N) is 4. The molecule has 1 heterocycles. The Bertz CT molecular complexity index is 556. The van der Waals surface area contributed by atoms with Gasteiger partial charge in [-0.2, -0.15) is 9.78 Å². The molecule has 1 aromatic heterocycles. The van der Waals surface area contributed by atoms with Gasteiger partial charge in [0.05, 0.1) is 12.8 Å². The highest BCUT2D eigenvalue weighted by Gasteiger charge is 2.07. The quantitative estimate of drug-likeness (QED) is 0.606. The number of hydrogen-bond acceptors (Lipinski definition) is 5. The zero-order valence-electron chi connectivity index (χ0n) is 11.9. The average molecular weight is 290 g/mol. The summed E-state index contributed by atoms with van der Waals surface area (Å²) in [5, 5.41) is 13.5. The second-order valence-corrected chi connectivity index (χ2v) is 4.79. The second-order valence-electron chi connectivity index (χ2n) is 4.01. The van der Waals surface area contributed by atoms with E-state index >= 15 is 0 Å². The van der Waals surface area contributed by atoms with Crippen molar-refractivity contribution < 1.29 is 4.74 Å². The average Bonchev–Trinajstić information content (AvgIpc) is 2.89. The van der Waals surface area contributed by atoms with Crippen LogP contribution in [0.4, 0.5) is 0 Å². The van der Waals surface area contributed by atoms with Gasteiger partial charge in [0, 0.05) is 6.42 Å². The van der Waals surface area contributed by atoms with E-state index < -0.39 is 0 Å². The third-order valence-corrected chi connectivity index (χ3v) is 3.31. The number of rotatable bonds is 6. The summed E-state index contributed by atoms with van der Waals surface area (Å²) in [5.41, 5.74) is 1.01. The van der Waals surface area contributed by atoms with Gasteiger partial charge < -0.3 is 4.74 Å². The van der Waals surface area contributed by atoms with Crippen LogP contribution in [0.15, 0.2) is 34.5 Å². The summed E-state index contributed by atoms with van der Waals surface area (Å²) >= 11 is 1.53. The molecule has 0 amide bonds. The fourth-order valence-corrected chi connectivity index (χ4v) is 2.15. The number of hydrogen-bond donors (Lipinski definition) is 0. The van der Waals surface area contributed by atoms with Crippen molar-refractivity contribution in [1.29, 1.82) is 0 Å². The van der Waals surface area contributed by atoms with Gasteiger partial charge in [-0.15, -0.1) is 10.2 Å². The van der Waals surface area contributed by atoms with Crippen molar-refractivity contribution in [2.75, 3.05) is 12.9 Å². The van der Waals surface area contributed by atoms with Crippen LogP contribution >= 0.6 is 11.8 Å². The lowest BCUT2D eigenvalue weighted by molar-refractivity contribution is 0.340. The number of benzene rings is 1. The highest BCUT2D eigenvalue weighted by Crippen LogP contribution is 2.14. The molecule has 0 radical (unpaired) electrons. The predicted molar refractivity (Wildman–Crippen MR) is 81.8 cm³/mol. The summed E-state index contributed by atoms with van der Waals surface area (Å²) in [6, 6.07) is 7.83. The van der Waals surface area contributed by atoms with Crippen molar-refractivity contribution in [3.8, 4) is 5.75 Å². The topological polar surface area (TPSA) is 52.3 Å². The molecule has 0 N–H and O–H groups in total. The van der Waals surface area contributed by atoms with E-state index in [-0.39, 0.29) is 0 Å². The second kappa shape index (κ2) is 7.09. The molecule has 6 heteroatoms. The molecule has 2 rings (SSSR count). The first-order valence-corrected chi connectivity index (χ1v) is 7.76. The Morgan fingerprint density at radius 2 is 2.00 bits per heavy atom. The molecule has 106 valence electrons. The molecule has 0 unspecified atom stereocenters. The van der Waals surface area contributed by atoms with Gasteiger partial charge in [-0.3, -0.25) is 0 Å². The maximum Gasteiger partial charge on any atom is 0.211 e. The van der Waals surface area contributed by atoms with E-state index in [1.54, 1.807) is 10.9 Å². The molecular weight excluding hydrogens is 272 g/mol. The van der Waals surface area contributed by atoms with Crippen LogP contribution in [-0.2, 0) is 6.42 Å². The molecule has 0 fully saturated rings. The minimum atomic E-state index is 0.672. The molecule has 0 saturated heterocycles. The third-order valence-electron chi connectivity index (χ3n) is 2.69. The van der Waals surface area contributed by atoms with Crippen LogP contribution in [0.3, 0.4) is 0 Å². The van der Waals surface area contributed by atoms with Crippen LogP contribution in [0.25, 0.3) is 0 Å². The van der Waals surface area contributed by atoms with E-state index in [1.807, 2.05) is 44.4 Å². The number of ether oxygens (including phenoxy) is 1. The van der Waals surface area contributed by atoms with E-state index in [0.717, 1.165) is 28.7 Å². The first-order valence-electron chi connectivity index (χ1n) is 6.54. The highest BCUT2D eigenvalue weighted by molar-refractivity contribution is 7.98. The summed E-state index contributed by atoms with van der Waals surface area (Å²) in [5.74, 6) is 1.73. The van der Waals surface area contributed by atoms with Gasteiger partial charge in [-0.05, 0) is 43.0 Å². The van der Waals surface area contributed by atoms with E-state index in [1.165, 1.54) is 11.8 Å². The Morgan fingerprint density at radius 3 is 2.60 bits per heavy atom. The monoisotopic (exact) mass is 290 g/mol. The standard InChI is InChI=1S/C14H18N4OS/c1-4-13-16-17-14(20-3)18(13)15-10-11-6-8-12(9-7-11)19-5-2/h6-10H,4-5H2,1-3H3/b15-10-. The fourth-order valence-electron chi connectivity index (χ4n) is 1.70. The van der Waals surface area contributed by atoms with Gasteiger partial charge in [0.1, 0.15) is 5.75 Å². The van der Waals surface area contributed by atoms with Crippen molar-refractivity contribution in [1.82, 2.24) is 14.9 Å². The van der Waals surface area contributed by atoms with Crippen molar-refractivity contribution in [3.63, 3.8) is 0 Å². The molecule has 20 heavy (non-hydrogen) atoms. The fraction of sp³-hybridized carbons (Fsp3) is 0.357. The molecule has 0 atom stereocenters. The normalized spacial score (nSPS) is 11.2. The van der Waals surface area contributed by atoms with Crippen LogP contribution in [-0.4, -0.2) is 34.0 Å². The van der Waals surface area contributed by atoms with E-state index in [0.29, 0.717) is 6.61 Å². The lowest BCUT2D eigenvalue weighted by Gasteiger charge is -2.03. The molecule has 0 aliphatic carbocycles.